The third-order valence-corrected chi connectivity index (χ3v) is 4.74. The van der Waals surface area contributed by atoms with Crippen molar-refractivity contribution in [2.45, 2.75) is 45.4 Å². The number of ketones is 1. The Morgan fingerprint density at radius 1 is 1.05 bits per heavy atom. The molecule has 110 valence electrons. The summed E-state index contributed by atoms with van der Waals surface area (Å²) >= 11 is 0. The third-order valence-electron chi connectivity index (χ3n) is 4.74. The minimum absolute atomic E-state index is 0.115. The van der Waals surface area contributed by atoms with E-state index in [4.69, 9.17) is 0 Å². The molecule has 0 N–H and O–H groups in total. The number of carbonyl (C=O) groups excluding carboxylic acids is 3. The molecule has 0 atom stereocenters. The summed E-state index contributed by atoms with van der Waals surface area (Å²) < 4.78 is 0. The molecule has 1 saturated heterocycles. The zero-order chi connectivity index (χ0) is 15.0. The number of hydrogen-bond acceptors (Lipinski definition) is 3. The van der Waals surface area contributed by atoms with E-state index in [1.807, 2.05) is 0 Å². The monoisotopic (exact) mass is 285 g/mol. The number of rotatable bonds is 2. The summed E-state index contributed by atoms with van der Waals surface area (Å²) in [5, 5.41) is 0. The van der Waals surface area contributed by atoms with Crippen LogP contribution in [0.1, 0.15) is 55.8 Å². The standard InChI is InChI=1S/C17H19NO3/c1-12(19)13-6-2-3-7-14(13)18-15(20)10-17(11-16(18)21)8-4-5-9-17/h2-3,6-7H,4-5,8-11H2,1H3. The zero-order valence-corrected chi connectivity index (χ0v) is 12.2. The molecule has 2 amide bonds. The van der Waals surface area contributed by atoms with Crippen LogP contribution in [-0.4, -0.2) is 17.6 Å². The van der Waals surface area contributed by atoms with Crippen molar-refractivity contribution >= 4 is 23.3 Å². The van der Waals surface area contributed by atoms with Crippen molar-refractivity contribution in [3.63, 3.8) is 0 Å². The molecule has 21 heavy (non-hydrogen) atoms. The van der Waals surface area contributed by atoms with E-state index in [9.17, 15) is 14.4 Å². The molecular formula is C17H19NO3. The number of hydrogen-bond donors (Lipinski definition) is 0. The normalized spacial score (nSPS) is 21.1. The van der Waals surface area contributed by atoms with Crippen molar-refractivity contribution in [2.75, 3.05) is 4.90 Å². The molecule has 4 nitrogen and oxygen atoms in total. The van der Waals surface area contributed by atoms with Gasteiger partial charge >= 0.3 is 0 Å². The first kappa shape index (κ1) is 14.0. The van der Waals surface area contributed by atoms with Gasteiger partial charge in [0.15, 0.2) is 5.78 Å². The highest BCUT2D eigenvalue weighted by molar-refractivity contribution is 6.19. The van der Waals surface area contributed by atoms with Gasteiger partial charge in [0.25, 0.3) is 0 Å². The number of piperidine rings is 1. The Balaban J connectivity index is 1.95. The minimum Gasteiger partial charge on any atom is -0.294 e. The summed E-state index contributed by atoms with van der Waals surface area (Å²) in [6.07, 6.45) is 4.98. The first-order chi connectivity index (χ1) is 10.0. The molecule has 1 aliphatic heterocycles. The third kappa shape index (κ3) is 2.39. The maximum atomic E-state index is 12.5. The Morgan fingerprint density at radius 2 is 1.62 bits per heavy atom. The lowest BCUT2D eigenvalue weighted by molar-refractivity contribution is -0.133. The van der Waals surface area contributed by atoms with Crippen molar-refractivity contribution in [3.05, 3.63) is 29.8 Å². The van der Waals surface area contributed by atoms with Crippen molar-refractivity contribution < 1.29 is 14.4 Å². The van der Waals surface area contributed by atoms with Gasteiger partial charge in [-0.2, -0.15) is 0 Å². The van der Waals surface area contributed by atoms with E-state index < -0.39 is 0 Å². The zero-order valence-electron chi connectivity index (χ0n) is 12.2. The maximum Gasteiger partial charge on any atom is 0.234 e. The Hall–Kier alpha value is -1.97. The molecule has 0 unspecified atom stereocenters. The number of anilines is 1. The summed E-state index contributed by atoms with van der Waals surface area (Å²) in [6.45, 7) is 1.45. The fourth-order valence-corrected chi connectivity index (χ4v) is 3.71. The van der Waals surface area contributed by atoms with Gasteiger partial charge in [-0.1, -0.05) is 25.0 Å². The van der Waals surface area contributed by atoms with Crippen LogP contribution in [0, 0.1) is 5.41 Å². The van der Waals surface area contributed by atoms with E-state index in [0.717, 1.165) is 25.7 Å². The van der Waals surface area contributed by atoms with Crippen LogP contribution in [0.25, 0.3) is 0 Å². The van der Waals surface area contributed by atoms with Crippen LogP contribution in [-0.2, 0) is 9.59 Å². The summed E-state index contributed by atoms with van der Waals surface area (Å²) in [4.78, 5) is 38.0. The number of nitrogens with zero attached hydrogens (tertiary/aromatic N) is 1. The molecule has 3 rings (SSSR count). The molecular weight excluding hydrogens is 266 g/mol. The molecule has 0 bridgehead atoms. The van der Waals surface area contributed by atoms with Gasteiger partial charge in [-0.3, -0.25) is 14.4 Å². The second kappa shape index (κ2) is 5.10. The van der Waals surface area contributed by atoms with Crippen LogP contribution < -0.4 is 4.90 Å². The average Bonchev–Trinajstić information content (AvgIpc) is 2.86. The number of para-hydroxylation sites is 1. The molecule has 4 heteroatoms. The van der Waals surface area contributed by atoms with Crippen LogP contribution in [0.5, 0.6) is 0 Å². The van der Waals surface area contributed by atoms with Crippen LogP contribution in [0.3, 0.4) is 0 Å². The SMILES string of the molecule is CC(=O)c1ccccc1N1C(=O)CC2(CCCC2)CC1=O. The molecule has 0 aromatic heterocycles. The predicted molar refractivity (Wildman–Crippen MR) is 79.1 cm³/mol. The highest BCUT2D eigenvalue weighted by Gasteiger charge is 2.45. The van der Waals surface area contributed by atoms with Gasteiger partial charge in [0.05, 0.1) is 5.69 Å². The fraction of sp³-hybridized carbons (Fsp3) is 0.471. The lowest BCUT2D eigenvalue weighted by Crippen LogP contribution is -2.47. The highest BCUT2D eigenvalue weighted by atomic mass is 16.2. The van der Waals surface area contributed by atoms with Crippen molar-refractivity contribution in [1.29, 1.82) is 0 Å². The van der Waals surface area contributed by atoms with Crippen LogP contribution >= 0.6 is 0 Å². The van der Waals surface area contributed by atoms with Gasteiger partial charge in [-0.25, -0.2) is 4.90 Å². The summed E-state index contributed by atoms with van der Waals surface area (Å²) in [6, 6.07) is 6.84. The molecule has 1 spiro atoms. The van der Waals surface area contributed by atoms with Crippen LogP contribution in [0.2, 0.25) is 0 Å². The largest absolute Gasteiger partial charge is 0.294 e. The highest BCUT2D eigenvalue weighted by Crippen LogP contribution is 2.47. The van der Waals surface area contributed by atoms with E-state index in [0.29, 0.717) is 24.1 Å². The van der Waals surface area contributed by atoms with E-state index in [-0.39, 0.29) is 23.0 Å². The predicted octanol–water partition coefficient (Wildman–Crippen LogP) is 3.10. The molecule has 1 saturated carbocycles. The van der Waals surface area contributed by atoms with E-state index in [1.165, 1.54) is 11.8 Å². The average molecular weight is 285 g/mol. The lowest BCUT2D eigenvalue weighted by Gasteiger charge is -2.37. The number of Topliss-reactive ketones (excluding diaryl/α,β-unsaturated/α-hetero) is 1. The second-order valence-corrected chi connectivity index (χ2v) is 6.26. The Labute approximate surface area is 124 Å². The minimum atomic E-state index is -0.165. The van der Waals surface area contributed by atoms with Gasteiger partial charge in [-0.15, -0.1) is 0 Å². The van der Waals surface area contributed by atoms with Crippen molar-refractivity contribution in [3.8, 4) is 0 Å². The number of benzene rings is 1. The van der Waals surface area contributed by atoms with E-state index in [2.05, 4.69) is 0 Å². The second-order valence-electron chi connectivity index (χ2n) is 6.26. The van der Waals surface area contributed by atoms with E-state index >= 15 is 0 Å². The fourth-order valence-electron chi connectivity index (χ4n) is 3.71. The topological polar surface area (TPSA) is 54.5 Å². The summed E-state index contributed by atoms with van der Waals surface area (Å²) in [7, 11) is 0. The molecule has 2 aliphatic rings. The molecule has 1 aromatic rings. The molecule has 1 heterocycles. The van der Waals surface area contributed by atoms with Gasteiger partial charge in [0.2, 0.25) is 11.8 Å². The molecule has 2 fully saturated rings. The van der Waals surface area contributed by atoms with Gasteiger partial charge in [0, 0.05) is 18.4 Å². The van der Waals surface area contributed by atoms with E-state index in [1.54, 1.807) is 24.3 Å². The lowest BCUT2D eigenvalue weighted by atomic mass is 9.76. The van der Waals surface area contributed by atoms with Gasteiger partial charge in [0.1, 0.15) is 0 Å². The van der Waals surface area contributed by atoms with Crippen LogP contribution in [0.15, 0.2) is 24.3 Å². The van der Waals surface area contributed by atoms with Crippen molar-refractivity contribution in [2.24, 2.45) is 5.41 Å². The first-order valence-corrected chi connectivity index (χ1v) is 7.48. The Kier molecular flexibility index (Phi) is 3.40. The summed E-state index contributed by atoms with van der Waals surface area (Å²) in [5.41, 5.74) is 0.755. The number of carbonyl (C=O) groups is 3. The Bertz CT molecular complexity index is 594. The summed E-state index contributed by atoms with van der Waals surface area (Å²) in [5.74, 6) is -0.462. The van der Waals surface area contributed by atoms with Crippen LogP contribution in [0.4, 0.5) is 5.69 Å². The van der Waals surface area contributed by atoms with Crippen molar-refractivity contribution in [1.82, 2.24) is 0 Å². The number of amides is 2. The first-order valence-electron chi connectivity index (χ1n) is 7.48. The molecule has 1 aromatic carbocycles. The number of imide groups is 1. The smallest absolute Gasteiger partial charge is 0.234 e. The Morgan fingerprint density at radius 3 is 2.19 bits per heavy atom. The quantitative estimate of drug-likeness (QED) is 0.619. The van der Waals surface area contributed by atoms with Gasteiger partial charge < -0.3 is 0 Å². The molecule has 1 aliphatic carbocycles. The molecule has 0 radical (unpaired) electrons. The maximum absolute atomic E-state index is 12.5. The van der Waals surface area contributed by atoms with Gasteiger partial charge in [-0.05, 0) is 37.3 Å².